The summed E-state index contributed by atoms with van der Waals surface area (Å²) in [4.78, 5) is 20.3. The van der Waals surface area contributed by atoms with E-state index in [1.165, 1.54) is 12.4 Å². The number of nitro groups is 1. The van der Waals surface area contributed by atoms with Crippen LogP contribution in [0.1, 0.15) is 12.0 Å². The largest absolute Gasteiger partial charge is 0.384 e. The number of benzene rings is 1. The molecule has 2 aliphatic rings. The van der Waals surface area contributed by atoms with Crippen LogP contribution in [0.5, 0.6) is 0 Å². The highest BCUT2D eigenvalue weighted by Crippen LogP contribution is 2.46. The molecule has 1 spiro atoms. The number of aromatic nitrogens is 2. The molecule has 0 radical (unpaired) electrons. The lowest BCUT2D eigenvalue weighted by molar-refractivity contribution is -0.389. The smallest absolute Gasteiger partial charge is 0.382 e. The molecule has 24 heavy (non-hydrogen) atoms. The van der Waals surface area contributed by atoms with Gasteiger partial charge in [0.15, 0.2) is 12.0 Å². The van der Waals surface area contributed by atoms with Gasteiger partial charge < -0.3 is 20.3 Å². The Balaban J connectivity index is 1.62. The monoisotopic (exact) mass is 365 g/mol. The van der Waals surface area contributed by atoms with E-state index < -0.39 is 4.92 Å². The summed E-state index contributed by atoms with van der Waals surface area (Å²) in [6.07, 6.45) is 3.58. The number of hydrogen-bond donors (Lipinski definition) is 1. The predicted molar refractivity (Wildman–Crippen MR) is 92.1 cm³/mol. The Morgan fingerprint density at radius 2 is 2.04 bits per heavy atom. The van der Waals surface area contributed by atoms with E-state index in [0.717, 1.165) is 37.3 Å². The Hall–Kier alpha value is -2.12. The molecule has 124 valence electrons. The number of hydrogen-bond acceptors (Lipinski definition) is 6. The highest BCUT2D eigenvalue weighted by Gasteiger charge is 2.45. The number of nitrogens with zero attached hydrogens (tertiary/aromatic N) is 4. The molecule has 2 aliphatic heterocycles. The standard InChI is InChI=1S/C15H13Cl2N5O2/c16-10-3-9-12(4-11(10)17)20-7-15(9)1-2-21(8-15)13-5-19-14(6-18-13)22(23)24/h3-6,20H,1-2,7-8H2/t15-/m0/s1. The van der Waals surface area contributed by atoms with Crippen LogP contribution in [-0.4, -0.2) is 34.5 Å². The quantitative estimate of drug-likeness (QED) is 0.649. The average Bonchev–Trinajstić information content (AvgIpc) is 3.14. The predicted octanol–water partition coefficient (Wildman–Crippen LogP) is 3.27. The molecule has 2 aromatic rings. The molecule has 1 saturated heterocycles. The lowest BCUT2D eigenvalue weighted by Crippen LogP contribution is -2.33. The van der Waals surface area contributed by atoms with Crippen molar-refractivity contribution in [3.05, 3.63) is 50.2 Å². The Labute approximate surface area is 147 Å². The van der Waals surface area contributed by atoms with E-state index in [2.05, 4.69) is 20.2 Å². The van der Waals surface area contributed by atoms with Gasteiger partial charge in [0.2, 0.25) is 0 Å². The Bertz CT molecular complexity index is 829. The van der Waals surface area contributed by atoms with Gasteiger partial charge in [-0.3, -0.25) is 0 Å². The zero-order valence-corrected chi connectivity index (χ0v) is 14.0. The van der Waals surface area contributed by atoms with Crippen LogP contribution >= 0.6 is 23.2 Å². The Kier molecular flexibility index (Phi) is 3.51. The van der Waals surface area contributed by atoms with Gasteiger partial charge in [0, 0.05) is 30.7 Å². The van der Waals surface area contributed by atoms with Crippen molar-refractivity contribution < 1.29 is 4.92 Å². The maximum atomic E-state index is 10.7. The average molecular weight is 366 g/mol. The lowest BCUT2D eigenvalue weighted by atomic mass is 9.82. The Morgan fingerprint density at radius 3 is 2.75 bits per heavy atom. The van der Waals surface area contributed by atoms with Gasteiger partial charge in [0.25, 0.3) is 0 Å². The minimum atomic E-state index is -0.550. The number of anilines is 2. The van der Waals surface area contributed by atoms with E-state index in [1.807, 2.05) is 12.1 Å². The zero-order chi connectivity index (χ0) is 16.9. The molecule has 1 N–H and O–H groups in total. The van der Waals surface area contributed by atoms with Crippen molar-refractivity contribution in [2.75, 3.05) is 29.9 Å². The molecule has 1 fully saturated rings. The number of halogens is 2. The highest BCUT2D eigenvalue weighted by molar-refractivity contribution is 6.42. The van der Waals surface area contributed by atoms with E-state index in [0.29, 0.717) is 15.9 Å². The van der Waals surface area contributed by atoms with Gasteiger partial charge in [-0.05, 0) is 34.0 Å². The molecule has 3 heterocycles. The number of fused-ring (bicyclic) bond motifs is 2. The zero-order valence-electron chi connectivity index (χ0n) is 12.5. The van der Waals surface area contributed by atoms with Gasteiger partial charge in [-0.25, -0.2) is 4.98 Å². The second kappa shape index (κ2) is 5.46. The third kappa shape index (κ3) is 2.35. The fourth-order valence-corrected chi connectivity index (χ4v) is 3.82. The molecule has 0 unspecified atom stereocenters. The molecule has 0 saturated carbocycles. The summed E-state index contributed by atoms with van der Waals surface area (Å²) < 4.78 is 0. The normalized spacial score (nSPS) is 21.8. The second-order valence-corrected chi connectivity index (χ2v) is 6.92. The molecule has 0 amide bonds. The lowest BCUT2D eigenvalue weighted by Gasteiger charge is -2.24. The number of rotatable bonds is 2. The van der Waals surface area contributed by atoms with Crippen LogP contribution < -0.4 is 10.2 Å². The summed E-state index contributed by atoms with van der Waals surface area (Å²) in [7, 11) is 0. The minimum Gasteiger partial charge on any atom is -0.384 e. The van der Waals surface area contributed by atoms with Crippen molar-refractivity contribution in [2.24, 2.45) is 0 Å². The van der Waals surface area contributed by atoms with Crippen LogP contribution in [0.4, 0.5) is 17.3 Å². The van der Waals surface area contributed by atoms with Crippen LogP contribution in [0.2, 0.25) is 10.0 Å². The van der Waals surface area contributed by atoms with Gasteiger partial charge in [-0.1, -0.05) is 23.2 Å². The molecule has 1 aromatic carbocycles. The molecular formula is C15H13Cl2N5O2. The minimum absolute atomic E-state index is 0.0625. The van der Waals surface area contributed by atoms with Gasteiger partial charge in [-0.15, -0.1) is 0 Å². The molecular weight excluding hydrogens is 353 g/mol. The molecule has 1 aromatic heterocycles. The third-order valence-electron chi connectivity index (χ3n) is 4.74. The van der Waals surface area contributed by atoms with E-state index in [-0.39, 0.29) is 11.2 Å². The van der Waals surface area contributed by atoms with Crippen molar-refractivity contribution in [1.29, 1.82) is 0 Å². The summed E-state index contributed by atoms with van der Waals surface area (Å²) in [6, 6.07) is 3.80. The SMILES string of the molecule is O=[N+]([O-])c1cnc(N2CC[C@]3(CNc4cc(Cl)c(Cl)cc43)C2)cn1. The second-order valence-electron chi connectivity index (χ2n) is 6.11. The first-order valence-corrected chi connectivity index (χ1v) is 8.19. The molecule has 0 aliphatic carbocycles. The fraction of sp³-hybridized carbons (Fsp3) is 0.333. The topological polar surface area (TPSA) is 84.2 Å². The van der Waals surface area contributed by atoms with Crippen molar-refractivity contribution in [1.82, 2.24) is 9.97 Å². The van der Waals surface area contributed by atoms with Gasteiger partial charge >= 0.3 is 5.82 Å². The molecule has 0 bridgehead atoms. The molecule has 7 nitrogen and oxygen atoms in total. The van der Waals surface area contributed by atoms with Gasteiger partial charge in [0.1, 0.15) is 6.20 Å². The summed E-state index contributed by atoms with van der Waals surface area (Å²) in [6.45, 7) is 2.35. The van der Waals surface area contributed by atoms with E-state index >= 15 is 0 Å². The summed E-state index contributed by atoms with van der Waals surface area (Å²) in [5.74, 6) is 0.396. The Morgan fingerprint density at radius 1 is 1.25 bits per heavy atom. The first kappa shape index (κ1) is 15.4. The maximum absolute atomic E-state index is 10.7. The molecule has 4 rings (SSSR count). The van der Waals surface area contributed by atoms with E-state index in [4.69, 9.17) is 23.2 Å². The fourth-order valence-electron chi connectivity index (χ4n) is 3.50. The van der Waals surface area contributed by atoms with Gasteiger partial charge in [-0.2, -0.15) is 0 Å². The van der Waals surface area contributed by atoms with Crippen LogP contribution in [0.25, 0.3) is 0 Å². The molecule has 1 atom stereocenters. The molecule has 9 heteroatoms. The van der Waals surface area contributed by atoms with Crippen molar-refractivity contribution in [2.45, 2.75) is 11.8 Å². The highest BCUT2D eigenvalue weighted by atomic mass is 35.5. The maximum Gasteiger partial charge on any atom is 0.382 e. The van der Waals surface area contributed by atoms with Crippen molar-refractivity contribution in [3.63, 3.8) is 0 Å². The number of nitrogens with one attached hydrogen (secondary N) is 1. The van der Waals surface area contributed by atoms with Crippen molar-refractivity contribution in [3.8, 4) is 0 Å². The van der Waals surface area contributed by atoms with Crippen molar-refractivity contribution >= 4 is 40.5 Å². The van der Waals surface area contributed by atoms with Crippen LogP contribution in [0.3, 0.4) is 0 Å². The van der Waals surface area contributed by atoms with Gasteiger partial charge in [0.05, 0.1) is 10.0 Å². The van der Waals surface area contributed by atoms with Crippen LogP contribution in [-0.2, 0) is 5.41 Å². The first-order chi connectivity index (χ1) is 11.5. The summed E-state index contributed by atoms with van der Waals surface area (Å²) >= 11 is 12.3. The van der Waals surface area contributed by atoms with Crippen LogP contribution in [0, 0.1) is 10.1 Å². The van der Waals surface area contributed by atoms with E-state index in [1.54, 1.807) is 0 Å². The third-order valence-corrected chi connectivity index (χ3v) is 5.46. The van der Waals surface area contributed by atoms with Crippen LogP contribution in [0.15, 0.2) is 24.5 Å². The summed E-state index contributed by atoms with van der Waals surface area (Å²) in [5.41, 5.74) is 2.11. The van der Waals surface area contributed by atoms with E-state index in [9.17, 15) is 10.1 Å². The summed E-state index contributed by atoms with van der Waals surface area (Å²) in [5, 5.41) is 15.2. The first-order valence-electron chi connectivity index (χ1n) is 7.43.